The molecule has 0 radical (unpaired) electrons. The lowest BCUT2D eigenvalue weighted by Crippen LogP contribution is -2.61. The second-order valence-corrected chi connectivity index (χ2v) is 17.0. The van der Waals surface area contributed by atoms with E-state index in [1.807, 2.05) is 25.9 Å². The Balaban J connectivity index is 1.83. The number of esters is 1. The zero-order valence-electron chi connectivity index (χ0n) is 34.3. The Morgan fingerprint density at radius 2 is 1.57 bits per heavy atom. The molecule has 0 aromatic heterocycles. The normalized spacial score (nSPS) is 48.5. The van der Waals surface area contributed by atoms with Crippen molar-refractivity contribution in [3.63, 3.8) is 0 Å². The van der Waals surface area contributed by atoms with E-state index in [0.29, 0.717) is 6.42 Å². The topological polar surface area (TPSA) is 201 Å². The highest BCUT2D eigenvalue weighted by Crippen LogP contribution is 2.41. The number of aliphatic hydroxyl groups is 3. The highest BCUT2D eigenvalue weighted by Gasteiger charge is 2.59. The SMILES string of the molecule is CC[C@H]1OC(=O)[C@H](C)[C@@H](O[C@H]2C[C@@](C)(OC)[C@@H](O)[C@H](C)O2)[C@H](C)[C@@H](O[C@@H]2O[C@H](C)C[C@H](N(C)C)[C@H]2O)[C@](C)(O)C[C@H](C)NC(=O)[C@@H](C)[C@H]2OC(=O)O[C@@]21C. The van der Waals surface area contributed by atoms with Crippen molar-refractivity contribution >= 4 is 18.0 Å². The Kier molecular flexibility index (Phi) is 14.1. The minimum Gasteiger partial charge on any atom is -0.458 e. The molecule has 16 heteroatoms. The standard InChI is InChI=1S/C38H66N2O14/c1-14-25-38(10)31(53-35(45)54-38)22(6)32(43)39-18(2)16-36(8,46)30(52-34-27(41)24(40(11)12)15-19(3)48-34)20(4)28(21(5)33(44)50-25)51-26-17-37(9,47-13)29(42)23(7)49-26/h18-31,34,41-42,46H,14-17H2,1-13H3,(H,39,43)/t18-,19+,20-,21+,22-,23-,24-,25+,26-,27+,28-,29-,30+,31+,34-,36+,37+,38+/m0/s1. The maximum Gasteiger partial charge on any atom is 0.509 e. The lowest BCUT2D eigenvalue weighted by atomic mass is 9.78. The molecule has 0 aromatic carbocycles. The molecule has 4 aliphatic heterocycles. The maximum atomic E-state index is 14.4. The molecule has 0 aromatic rings. The Labute approximate surface area is 319 Å². The van der Waals surface area contributed by atoms with Crippen LogP contribution in [0.15, 0.2) is 0 Å². The van der Waals surface area contributed by atoms with Crippen LogP contribution in [0.1, 0.15) is 94.9 Å². The Bertz CT molecular complexity index is 1320. The number of aliphatic hydroxyl groups excluding tert-OH is 2. The number of likely N-dealkylation sites (N-methyl/N-ethyl adjacent to an activating group) is 1. The van der Waals surface area contributed by atoms with Crippen molar-refractivity contribution in [3.05, 3.63) is 0 Å². The number of carbonyl (C=O) groups is 3. The fourth-order valence-corrected chi connectivity index (χ4v) is 8.89. The number of methoxy groups -OCH3 is 1. The molecule has 0 spiro atoms. The average molecular weight is 775 g/mol. The van der Waals surface area contributed by atoms with Gasteiger partial charge >= 0.3 is 12.1 Å². The fraction of sp³-hybridized carbons (Fsp3) is 0.921. The van der Waals surface area contributed by atoms with Gasteiger partial charge in [-0.25, -0.2) is 4.79 Å². The van der Waals surface area contributed by atoms with E-state index in [9.17, 15) is 29.7 Å². The first-order valence-electron chi connectivity index (χ1n) is 19.3. The molecule has 0 saturated carbocycles. The summed E-state index contributed by atoms with van der Waals surface area (Å²) in [4.78, 5) is 42.6. The molecule has 16 nitrogen and oxygen atoms in total. The smallest absolute Gasteiger partial charge is 0.458 e. The third kappa shape index (κ3) is 9.18. The third-order valence-corrected chi connectivity index (χ3v) is 12.1. The van der Waals surface area contributed by atoms with Gasteiger partial charge in [-0.05, 0) is 88.7 Å². The van der Waals surface area contributed by atoms with Gasteiger partial charge in [0.1, 0.15) is 18.3 Å². The van der Waals surface area contributed by atoms with E-state index in [4.69, 9.17) is 37.9 Å². The van der Waals surface area contributed by atoms with Crippen LogP contribution in [0.25, 0.3) is 0 Å². The summed E-state index contributed by atoms with van der Waals surface area (Å²) in [5, 5.41) is 37.9. The van der Waals surface area contributed by atoms with Crippen LogP contribution in [0.4, 0.5) is 4.79 Å². The van der Waals surface area contributed by atoms with Gasteiger partial charge in [-0.15, -0.1) is 0 Å². The molecule has 18 atom stereocenters. The zero-order valence-corrected chi connectivity index (χ0v) is 34.3. The van der Waals surface area contributed by atoms with E-state index in [1.54, 1.807) is 62.3 Å². The number of hydrogen-bond donors (Lipinski definition) is 4. The molecule has 312 valence electrons. The van der Waals surface area contributed by atoms with Crippen LogP contribution in [-0.4, -0.2) is 150 Å². The highest BCUT2D eigenvalue weighted by molar-refractivity contribution is 5.80. The predicted molar refractivity (Wildman–Crippen MR) is 193 cm³/mol. The van der Waals surface area contributed by atoms with Crippen LogP contribution in [-0.2, 0) is 47.5 Å². The van der Waals surface area contributed by atoms with Crippen molar-refractivity contribution in [2.45, 2.75) is 185 Å². The van der Waals surface area contributed by atoms with Gasteiger partial charge < -0.3 is 63.4 Å². The molecular formula is C38H66N2O14. The van der Waals surface area contributed by atoms with Crippen molar-refractivity contribution < 1.29 is 67.6 Å². The molecule has 4 aliphatic rings. The first-order valence-corrected chi connectivity index (χ1v) is 19.3. The van der Waals surface area contributed by atoms with E-state index in [0.717, 1.165) is 0 Å². The molecule has 54 heavy (non-hydrogen) atoms. The Morgan fingerprint density at radius 3 is 2.17 bits per heavy atom. The molecule has 4 N–H and O–H groups in total. The van der Waals surface area contributed by atoms with Crippen molar-refractivity contribution in [1.82, 2.24) is 10.2 Å². The molecule has 0 unspecified atom stereocenters. The van der Waals surface area contributed by atoms with Crippen molar-refractivity contribution in [1.29, 1.82) is 0 Å². The molecule has 4 saturated heterocycles. The second-order valence-electron chi connectivity index (χ2n) is 17.0. The quantitative estimate of drug-likeness (QED) is 0.275. The van der Waals surface area contributed by atoms with Crippen LogP contribution in [0.2, 0.25) is 0 Å². The largest absolute Gasteiger partial charge is 0.509 e. The lowest BCUT2D eigenvalue weighted by molar-refractivity contribution is -0.317. The van der Waals surface area contributed by atoms with Crippen LogP contribution >= 0.6 is 0 Å². The van der Waals surface area contributed by atoms with Gasteiger partial charge in [0.25, 0.3) is 0 Å². The van der Waals surface area contributed by atoms with E-state index in [-0.39, 0.29) is 31.4 Å². The number of cyclic esters (lactones) is 1. The third-order valence-electron chi connectivity index (χ3n) is 12.1. The first kappa shape index (κ1) is 44.6. The highest BCUT2D eigenvalue weighted by atomic mass is 16.8. The number of hydrogen-bond acceptors (Lipinski definition) is 15. The summed E-state index contributed by atoms with van der Waals surface area (Å²) in [7, 11) is 5.20. The predicted octanol–water partition coefficient (Wildman–Crippen LogP) is 2.27. The monoisotopic (exact) mass is 774 g/mol. The van der Waals surface area contributed by atoms with Gasteiger partial charge in [0, 0.05) is 31.5 Å². The van der Waals surface area contributed by atoms with Gasteiger partial charge in [0.15, 0.2) is 24.3 Å². The van der Waals surface area contributed by atoms with Crippen LogP contribution < -0.4 is 5.32 Å². The molecule has 0 bridgehead atoms. The summed E-state index contributed by atoms with van der Waals surface area (Å²) >= 11 is 0. The number of nitrogens with zero attached hydrogens (tertiary/aromatic N) is 1. The summed E-state index contributed by atoms with van der Waals surface area (Å²) in [5.74, 6) is -4.01. The van der Waals surface area contributed by atoms with Gasteiger partial charge in [-0.3, -0.25) is 9.59 Å². The van der Waals surface area contributed by atoms with E-state index < -0.39 is 114 Å². The van der Waals surface area contributed by atoms with Gasteiger partial charge in [-0.1, -0.05) is 13.8 Å². The average Bonchev–Trinajstić information content (AvgIpc) is 3.40. The van der Waals surface area contributed by atoms with Crippen molar-refractivity contribution in [2.75, 3.05) is 21.2 Å². The minimum atomic E-state index is -1.74. The lowest BCUT2D eigenvalue weighted by Gasteiger charge is -2.48. The number of fused-ring (bicyclic) bond motifs is 1. The van der Waals surface area contributed by atoms with Gasteiger partial charge in [0.2, 0.25) is 5.91 Å². The molecule has 0 aliphatic carbocycles. The maximum absolute atomic E-state index is 14.4. The number of nitrogens with one attached hydrogen (secondary N) is 1. The molecule has 1 amide bonds. The van der Waals surface area contributed by atoms with Crippen LogP contribution in [0, 0.1) is 17.8 Å². The van der Waals surface area contributed by atoms with Crippen LogP contribution in [0.3, 0.4) is 0 Å². The summed E-state index contributed by atoms with van der Waals surface area (Å²) in [5.41, 5.74) is -4.31. The summed E-state index contributed by atoms with van der Waals surface area (Å²) in [6.07, 6.45) is -9.80. The van der Waals surface area contributed by atoms with Crippen molar-refractivity contribution in [2.24, 2.45) is 17.8 Å². The molecule has 4 rings (SSSR count). The number of carbonyl (C=O) groups excluding carboxylic acids is 3. The molecule has 4 fully saturated rings. The first-order chi connectivity index (χ1) is 25.0. The fourth-order valence-electron chi connectivity index (χ4n) is 8.89. The van der Waals surface area contributed by atoms with Gasteiger partial charge in [-0.2, -0.15) is 0 Å². The Morgan fingerprint density at radius 1 is 0.926 bits per heavy atom. The summed E-state index contributed by atoms with van der Waals surface area (Å²) < 4.78 is 48.7. The second kappa shape index (κ2) is 17.1. The van der Waals surface area contributed by atoms with E-state index in [2.05, 4.69) is 5.32 Å². The minimum absolute atomic E-state index is 0.0395. The number of rotatable bonds is 7. The zero-order chi connectivity index (χ0) is 40.7. The van der Waals surface area contributed by atoms with E-state index >= 15 is 0 Å². The van der Waals surface area contributed by atoms with Crippen LogP contribution in [0.5, 0.6) is 0 Å². The molecule has 4 heterocycles. The number of ether oxygens (including phenoxy) is 8. The van der Waals surface area contributed by atoms with E-state index in [1.165, 1.54) is 7.11 Å². The van der Waals surface area contributed by atoms with Gasteiger partial charge in [0.05, 0.1) is 47.5 Å². The summed E-state index contributed by atoms with van der Waals surface area (Å²) in [6.45, 7) is 16.9. The van der Waals surface area contributed by atoms with Crippen molar-refractivity contribution in [3.8, 4) is 0 Å². The summed E-state index contributed by atoms with van der Waals surface area (Å²) in [6, 6.07) is -0.961. The number of amides is 1. The molecular weight excluding hydrogens is 708 g/mol. The Hall–Kier alpha value is -2.15.